The van der Waals surface area contributed by atoms with Crippen LogP contribution in [-0.2, 0) is 0 Å². The van der Waals surface area contributed by atoms with Crippen molar-refractivity contribution < 1.29 is 4.79 Å². The number of carbonyl (C=O) groups is 1. The molecule has 0 aliphatic heterocycles. The molecule has 17 heavy (non-hydrogen) atoms. The van der Waals surface area contributed by atoms with Crippen LogP contribution < -0.4 is 0 Å². The Bertz CT molecular complexity index is 558. The van der Waals surface area contributed by atoms with Crippen LogP contribution >= 0.6 is 0 Å². The molecule has 2 rings (SSSR count). The minimum Gasteiger partial charge on any atom is -0.294 e. The monoisotopic (exact) mass is 227 g/mol. The summed E-state index contributed by atoms with van der Waals surface area (Å²) in [5.74, 6) is 0.188. The summed E-state index contributed by atoms with van der Waals surface area (Å²) in [6.45, 7) is 6.01. The molecule has 0 radical (unpaired) electrons. The van der Waals surface area contributed by atoms with E-state index in [1.165, 1.54) is 0 Å². The zero-order chi connectivity index (χ0) is 12.5. The molecule has 88 valence electrons. The van der Waals surface area contributed by atoms with Gasteiger partial charge in [0.1, 0.15) is 0 Å². The van der Waals surface area contributed by atoms with Gasteiger partial charge in [0.25, 0.3) is 0 Å². The normalized spacial score (nSPS) is 11.7. The van der Waals surface area contributed by atoms with Gasteiger partial charge in [0, 0.05) is 22.6 Å². The van der Waals surface area contributed by atoms with Crippen molar-refractivity contribution in [3.05, 3.63) is 42.1 Å². The number of Topliss-reactive ketones (excluding diaryl/α,β-unsaturated/α-hetero) is 1. The van der Waals surface area contributed by atoms with Crippen LogP contribution in [0.3, 0.4) is 0 Å². The quantitative estimate of drug-likeness (QED) is 0.745. The lowest BCUT2D eigenvalue weighted by molar-refractivity contribution is 0.0833. The summed E-state index contributed by atoms with van der Waals surface area (Å²) in [6.07, 6.45) is 2.59. The molecule has 0 atom stereocenters. The fourth-order valence-corrected chi connectivity index (χ4v) is 1.76. The van der Waals surface area contributed by atoms with Crippen LogP contribution in [0.4, 0.5) is 0 Å². The maximum Gasteiger partial charge on any atom is 0.168 e. The molecular weight excluding hydrogens is 210 g/mol. The lowest BCUT2D eigenvalue weighted by Gasteiger charge is -2.20. The topological polar surface area (TPSA) is 30.0 Å². The predicted molar refractivity (Wildman–Crippen MR) is 70.1 cm³/mol. The first-order valence-corrected chi connectivity index (χ1v) is 5.94. The van der Waals surface area contributed by atoms with Gasteiger partial charge in [-0.1, -0.05) is 39.0 Å². The number of ketones is 1. The Morgan fingerprint density at radius 3 is 2.76 bits per heavy atom. The molecule has 0 aliphatic rings. The van der Waals surface area contributed by atoms with Gasteiger partial charge in [-0.3, -0.25) is 9.78 Å². The van der Waals surface area contributed by atoms with Crippen LogP contribution in [0, 0.1) is 5.41 Å². The van der Waals surface area contributed by atoms with E-state index < -0.39 is 0 Å². The Balaban J connectivity index is 2.47. The van der Waals surface area contributed by atoms with E-state index in [0.29, 0.717) is 0 Å². The van der Waals surface area contributed by atoms with Crippen LogP contribution in [0.25, 0.3) is 10.9 Å². The van der Waals surface area contributed by atoms with Gasteiger partial charge in [0.15, 0.2) is 5.78 Å². The summed E-state index contributed by atoms with van der Waals surface area (Å²) >= 11 is 0. The van der Waals surface area contributed by atoms with E-state index in [1.54, 1.807) is 6.20 Å². The molecule has 0 unspecified atom stereocenters. The number of nitrogens with zero attached hydrogens (tertiary/aromatic N) is 1. The van der Waals surface area contributed by atoms with Crippen molar-refractivity contribution in [1.29, 1.82) is 0 Å². The maximum atomic E-state index is 12.3. The van der Waals surface area contributed by atoms with Crippen LogP contribution in [0.15, 0.2) is 36.5 Å². The molecule has 0 bridgehead atoms. The minimum absolute atomic E-state index is 0.188. The molecule has 0 amide bonds. The summed E-state index contributed by atoms with van der Waals surface area (Å²) in [4.78, 5) is 16.6. The molecule has 1 aromatic carbocycles. The summed E-state index contributed by atoms with van der Waals surface area (Å²) in [7, 11) is 0. The van der Waals surface area contributed by atoms with Crippen molar-refractivity contribution >= 4 is 16.7 Å². The van der Waals surface area contributed by atoms with Crippen LogP contribution in [0.1, 0.15) is 37.6 Å². The molecule has 2 nitrogen and oxygen atoms in total. The first-order chi connectivity index (χ1) is 8.04. The van der Waals surface area contributed by atoms with E-state index in [0.717, 1.165) is 22.9 Å². The molecule has 0 aliphatic carbocycles. The summed E-state index contributed by atoms with van der Waals surface area (Å²) in [6, 6.07) is 9.64. The zero-order valence-electron chi connectivity index (χ0n) is 10.5. The smallest absolute Gasteiger partial charge is 0.168 e. The number of carbonyl (C=O) groups excluding carboxylic acids is 1. The van der Waals surface area contributed by atoms with Crippen molar-refractivity contribution in [3.8, 4) is 0 Å². The first-order valence-electron chi connectivity index (χ1n) is 5.94. The third-order valence-corrected chi connectivity index (χ3v) is 3.37. The molecule has 1 heterocycles. The van der Waals surface area contributed by atoms with Gasteiger partial charge in [-0.05, 0) is 18.6 Å². The second-order valence-electron chi connectivity index (χ2n) is 4.98. The van der Waals surface area contributed by atoms with Crippen LogP contribution in [0.5, 0.6) is 0 Å². The van der Waals surface area contributed by atoms with E-state index in [4.69, 9.17) is 0 Å². The highest BCUT2D eigenvalue weighted by Gasteiger charge is 2.26. The molecule has 2 heteroatoms. The molecule has 1 aromatic heterocycles. The van der Waals surface area contributed by atoms with Crippen molar-refractivity contribution in [2.75, 3.05) is 0 Å². The number of fused-ring (bicyclic) bond motifs is 1. The molecule has 0 saturated heterocycles. The van der Waals surface area contributed by atoms with Gasteiger partial charge in [0.2, 0.25) is 0 Å². The SMILES string of the molecule is CCC(C)(C)C(=O)c1ccc2cccnc2c1. The predicted octanol–water partition coefficient (Wildman–Crippen LogP) is 3.85. The number of aromatic nitrogens is 1. The third-order valence-electron chi connectivity index (χ3n) is 3.37. The van der Waals surface area contributed by atoms with E-state index >= 15 is 0 Å². The van der Waals surface area contributed by atoms with E-state index in [2.05, 4.69) is 4.98 Å². The maximum absolute atomic E-state index is 12.3. The number of hydrogen-bond donors (Lipinski definition) is 0. The summed E-state index contributed by atoms with van der Waals surface area (Å²) in [5, 5.41) is 1.07. The fourth-order valence-electron chi connectivity index (χ4n) is 1.76. The molecule has 0 fully saturated rings. The van der Waals surface area contributed by atoms with Crippen molar-refractivity contribution in [3.63, 3.8) is 0 Å². The second-order valence-corrected chi connectivity index (χ2v) is 4.98. The Kier molecular flexibility index (Phi) is 2.97. The summed E-state index contributed by atoms with van der Waals surface area (Å²) in [5.41, 5.74) is 1.33. The van der Waals surface area contributed by atoms with Crippen molar-refractivity contribution in [2.45, 2.75) is 27.2 Å². The largest absolute Gasteiger partial charge is 0.294 e. The fraction of sp³-hybridized carbons (Fsp3) is 0.333. The molecule has 0 saturated carbocycles. The number of hydrogen-bond acceptors (Lipinski definition) is 2. The number of pyridine rings is 1. The van der Waals surface area contributed by atoms with Crippen molar-refractivity contribution in [1.82, 2.24) is 4.98 Å². The van der Waals surface area contributed by atoms with E-state index in [9.17, 15) is 4.79 Å². The number of benzene rings is 1. The Labute approximate surface area is 102 Å². The van der Waals surface area contributed by atoms with Gasteiger partial charge >= 0.3 is 0 Å². The average Bonchev–Trinajstić information content (AvgIpc) is 2.37. The Morgan fingerprint density at radius 1 is 1.29 bits per heavy atom. The standard InChI is InChI=1S/C15H17NO/c1-4-15(2,3)14(17)12-8-7-11-6-5-9-16-13(11)10-12/h5-10H,4H2,1-3H3. The molecule has 0 N–H and O–H groups in total. The van der Waals surface area contributed by atoms with Crippen LogP contribution in [-0.4, -0.2) is 10.8 Å². The first kappa shape index (κ1) is 11.8. The Hall–Kier alpha value is -1.70. The highest BCUT2D eigenvalue weighted by Crippen LogP contribution is 2.26. The zero-order valence-corrected chi connectivity index (χ0v) is 10.5. The second kappa shape index (κ2) is 4.28. The van der Waals surface area contributed by atoms with Gasteiger partial charge in [-0.25, -0.2) is 0 Å². The molecular formula is C15H17NO. The minimum atomic E-state index is -0.303. The van der Waals surface area contributed by atoms with Crippen molar-refractivity contribution in [2.24, 2.45) is 5.41 Å². The van der Waals surface area contributed by atoms with Crippen LogP contribution in [0.2, 0.25) is 0 Å². The number of rotatable bonds is 3. The van der Waals surface area contributed by atoms with Gasteiger partial charge < -0.3 is 0 Å². The highest BCUT2D eigenvalue weighted by atomic mass is 16.1. The molecule has 2 aromatic rings. The van der Waals surface area contributed by atoms with Gasteiger partial charge in [-0.2, -0.15) is 0 Å². The third kappa shape index (κ3) is 2.21. The lowest BCUT2D eigenvalue weighted by Crippen LogP contribution is -2.23. The van der Waals surface area contributed by atoms with Gasteiger partial charge in [0.05, 0.1) is 5.52 Å². The molecule has 0 spiro atoms. The lowest BCUT2D eigenvalue weighted by atomic mass is 9.82. The highest BCUT2D eigenvalue weighted by molar-refractivity contribution is 6.02. The van der Waals surface area contributed by atoms with E-state index in [-0.39, 0.29) is 11.2 Å². The Morgan fingerprint density at radius 2 is 2.06 bits per heavy atom. The average molecular weight is 227 g/mol. The summed E-state index contributed by atoms with van der Waals surface area (Å²) < 4.78 is 0. The van der Waals surface area contributed by atoms with Gasteiger partial charge in [-0.15, -0.1) is 0 Å². The van der Waals surface area contributed by atoms with E-state index in [1.807, 2.05) is 51.1 Å².